The molecule has 0 unspecified atom stereocenters. The summed E-state index contributed by atoms with van der Waals surface area (Å²) in [6.07, 6.45) is 2.06. The summed E-state index contributed by atoms with van der Waals surface area (Å²) < 4.78 is 10.5. The van der Waals surface area contributed by atoms with Gasteiger partial charge in [-0.3, -0.25) is 0 Å². The van der Waals surface area contributed by atoms with Crippen molar-refractivity contribution in [2.24, 2.45) is 0 Å². The van der Waals surface area contributed by atoms with Crippen molar-refractivity contribution in [2.75, 3.05) is 14.2 Å². The van der Waals surface area contributed by atoms with Crippen LogP contribution >= 0.6 is 0 Å². The summed E-state index contributed by atoms with van der Waals surface area (Å²) in [5.74, 6) is 1.64. The standard InChI is InChI=1S/C12H18O2/c1-5-9-7-11(13-3)12(14-4)8-10(9)6-2/h7-8H,5-6H2,1-4H3. The van der Waals surface area contributed by atoms with E-state index >= 15 is 0 Å². The van der Waals surface area contributed by atoms with E-state index in [0.29, 0.717) is 0 Å². The highest BCUT2D eigenvalue weighted by Gasteiger charge is 2.08. The molecule has 1 rings (SSSR count). The predicted molar refractivity (Wildman–Crippen MR) is 58.3 cm³/mol. The Bertz CT molecular complexity index is 247. The normalized spacial score (nSPS) is 10.0. The Balaban J connectivity index is 3.20. The zero-order chi connectivity index (χ0) is 10.6. The molecule has 78 valence electrons. The third-order valence-corrected chi connectivity index (χ3v) is 2.47. The number of aryl methyl sites for hydroxylation is 2. The van der Waals surface area contributed by atoms with Crippen LogP contribution in [0.15, 0.2) is 12.1 Å². The summed E-state index contributed by atoms with van der Waals surface area (Å²) in [4.78, 5) is 0. The van der Waals surface area contributed by atoms with E-state index in [2.05, 4.69) is 26.0 Å². The Hall–Kier alpha value is -1.18. The fourth-order valence-electron chi connectivity index (χ4n) is 1.62. The summed E-state index contributed by atoms with van der Waals surface area (Å²) in [5, 5.41) is 0. The molecular weight excluding hydrogens is 176 g/mol. The van der Waals surface area contributed by atoms with Gasteiger partial charge in [-0.1, -0.05) is 13.8 Å². The van der Waals surface area contributed by atoms with Crippen LogP contribution in [0.5, 0.6) is 11.5 Å². The molecule has 0 bridgehead atoms. The second kappa shape index (κ2) is 4.89. The third-order valence-electron chi connectivity index (χ3n) is 2.47. The molecule has 0 aromatic heterocycles. The fraction of sp³-hybridized carbons (Fsp3) is 0.500. The van der Waals surface area contributed by atoms with Gasteiger partial charge in [0.15, 0.2) is 11.5 Å². The second-order valence-corrected chi connectivity index (χ2v) is 3.18. The van der Waals surface area contributed by atoms with E-state index in [1.807, 2.05) is 0 Å². The first-order valence-corrected chi connectivity index (χ1v) is 5.00. The summed E-state index contributed by atoms with van der Waals surface area (Å²) in [5.41, 5.74) is 2.68. The zero-order valence-corrected chi connectivity index (χ0v) is 9.39. The van der Waals surface area contributed by atoms with E-state index in [1.165, 1.54) is 11.1 Å². The number of hydrogen-bond acceptors (Lipinski definition) is 2. The number of methoxy groups -OCH3 is 2. The zero-order valence-electron chi connectivity index (χ0n) is 9.39. The van der Waals surface area contributed by atoms with Gasteiger partial charge >= 0.3 is 0 Å². The lowest BCUT2D eigenvalue weighted by Gasteiger charge is -2.12. The van der Waals surface area contributed by atoms with Crippen molar-refractivity contribution < 1.29 is 9.47 Å². The average Bonchev–Trinajstić information content (AvgIpc) is 2.26. The molecule has 0 atom stereocenters. The molecule has 0 amide bonds. The van der Waals surface area contributed by atoms with Crippen molar-refractivity contribution in [3.05, 3.63) is 23.3 Å². The number of benzene rings is 1. The number of ether oxygens (including phenoxy) is 2. The Kier molecular flexibility index (Phi) is 3.81. The molecule has 0 saturated carbocycles. The van der Waals surface area contributed by atoms with Gasteiger partial charge in [-0.05, 0) is 36.1 Å². The molecule has 2 heteroatoms. The number of rotatable bonds is 4. The molecule has 0 N–H and O–H groups in total. The van der Waals surface area contributed by atoms with Gasteiger partial charge in [-0.25, -0.2) is 0 Å². The van der Waals surface area contributed by atoms with Gasteiger partial charge in [0, 0.05) is 0 Å². The first kappa shape index (κ1) is 10.9. The maximum absolute atomic E-state index is 5.25. The van der Waals surface area contributed by atoms with Crippen molar-refractivity contribution in [3.8, 4) is 11.5 Å². The molecule has 0 spiro atoms. The van der Waals surface area contributed by atoms with Gasteiger partial charge in [0.2, 0.25) is 0 Å². The molecule has 0 aliphatic carbocycles. The van der Waals surface area contributed by atoms with E-state index in [4.69, 9.17) is 9.47 Å². The quantitative estimate of drug-likeness (QED) is 0.733. The van der Waals surface area contributed by atoms with Crippen LogP contribution in [0.4, 0.5) is 0 Å². The lowest BCUT2D eigenvalue weighted by atomic mass is 10.0. The molecule has 14 heavy (non-hydrogen) atoms. The molecule has 0 aliphatic rings. The summed E-state index contributed by atoms with van der Waals surface area (Å²) in [6.45, 7) is 4.31. The van der Waals surface area contributed by atoms with Crippen LogP contribution in [0.2, 0.25) is 0 Å². The van der Waals surface area contributed by atoms with Crippen molar-refractivity contribution in [3.63, 3.8) is 0 Å². The van der Waals surface area contributed by atoms with Crippen molar-refractivity contribution in [1.82, 2.24) is 0 Å². The van der Waals surface area contributed by atoms with Crippen LogP contribution in [0.25, 0.3) is 0 Å². The van der Waals surface area contributed by atoms with Gasteiger partial charge in [0.05, 0.1) is 14.2 Å². The van der Waals surface area contributed by atoms with Gasteiger partial charge in [-0.2, -0.15) is 0 Å². The molecule has 0 aliphatic heterocycles. The van der Waals surface area contributed by atoms with Crippen LogP contribution in [0, 0.1) is 0 Å². The summed E-state index contributed by atoms with van der Waals surface area (Å²) in [7, 11) is 3.34. The molecule has 0 heterocycles. The fourth-order valence-corrected chi connectivity index (χ4v) is 1.62. The Morgan fingerprint density at radius 1 is 0.857 bits per heavy atom. The molecule has 0 fully saturated rings. The second-order valence-electron chi connectivity index (χ2n) is 3.18. The first-order valence-electron chi connectivity index (χ1n) is 5.00. The van der Waals surface area contributed by atoms with E-state index in [9.17, 15) is 0 Å². The van der Waals surface area contributed by atoms with Gasteiger partial charge < -0.3 is 9.47 Å². The van der Waals surface area contributed by atoms with Crippen LogP contribution < -0.4 is 9.47 Å². The highest BCUT2D eigenvalue weighted by Crippen LogP contribution is 2.30. The SMILES string of the molecule is CCc1cc(OC)c(OC)cc1CC. The monoisotopic (exact) mass is 194 g/mol. The smallest absolute Gasteiger partial charge is 0.161 e. The van der Waals surface area contributed by atoms with Crippen molar-refractivity contribution in [2.45, 2.75) is 26.7 Å². The topological polar surface area (TPSA) is 18.5 Å². The Labute approximate surface area is 85.8 Å². The predicted octanol–water partition coefficient (Wildman–Crippen LogP) is 2.83. The maximum Gasteiger partial charge on any atom is 0.161 e. The Morgan fingerprint density at radius 3 is 1.43 bits per heavy atom. The first-order chi connectivity index (χ1) is 6.76. The maximum atomic E-state index is 5.25. The van der Waals surface area contributed by atoms with Crippen LogP contribution in [0.1, 0.15) is 25.0 Å². The minimum Gasteiger partial charge on any atom is -0.493 e. The summed E-state index contributed by atoms with van der Waals surface area (Å²) in [6, 6.07) is 4.13. The molecule has 2 nitrogen and oxygen atoms in total. The van der Waals surface area contributed by atoms with Gasteiger partial charge in [0.25, 0.3) is 0 Å². The van der Waals surface area contributed by atoms with Crippen molar-refractivity contribution in [1.29, 1.82) is 0 Å². The van der Waals surface area contributed by atoms with Gasteiger partial charge in [-0.15, -0.1) is 0 Å². The average molecular weight is 194 g/mol. The molecule has 0 radical (unpaired) electrons. The van der Waals surface area contributed by atoms with Crippen LogP contribution in [-0.2, 0) is 12.8 Å². The molecular formula is C12H18O2. The molecule has 1 aromatic carbocycles. The van der Waals surface area contributed by atoms with Crippen LogP contribution in [-0.4, -0.2) is 14.2 Å². The molecule has 0 saturated heterocycles. The van der Waals surface area contributed by atoms with E-state index in [-0.39, 0.29) is 0 Å². The van der Waals surface area contributed by atoms with Crippen molar-refractivity contribution >= 4 is 0 Å². The number of hydrogen-bond donors (Lipinski definition) is 0. The largest absolute Gasteiger partial charge is 0.493 e. The third kappa shape index (κ3) is 2.00. The van der Waals surface area contributed by atoms with E-state index in [1.54, 1.807) is 14.2 Å². The molecule has 1 aromatic rings. The minimum absolute atomic E-state index is 0.821. The summed E-state index contributed by atoms with van der Waals surface area (Å²) >= 11 is 0. The minimum atomic E-state index is 0.821. The highest BCUT2D eigenvalue weighted by molar-refractivity contribution is 5.47. The van der Waals surface area contributed by atoms with Gasteiger partial charge in [0.1, 0.15) is 0 Å². The van der Waals surface area contributed by atoms with Crippen LogP contribution in [0.3, 0.4) is 0 Å². The lowest BCUT2D eigenvalue weighted by Crippen LogP contribution is -1.96. The highest BCUT2D eigenvalue weighted by atomic mass is 16.5. The van der Waals surface area contributed by atoms with E-state index < -0.39 is 0 Å². The Morgan fingerprint density at radius 2 is 1.21 bits per heavy atom. The van der Waals surface area contributed by atoms with E-state index in [0.717, 1.165) is 24.3 Å². The lowest BCUT2D eigenvalue weighted by molar-refractivity contribution is 0.354.